The number of Topliss-reactive ketones (excluding diaryl/α,β-unsaturated/α-hetero) is 1. The lowest BCUT2D eigenvalue weighted by Gasteiger charge is -2.36. The van der Waals surface area contributed by atoms with Crippen molar-refractivity contribution < 1.29 is 9.59 Å². The zero-order chi connectivity index (χ0) is 25.5. The smallest absolute Gasteiger partial charge is 0.196 e. The van der Waals surface area contributed by atoms with Gasteiger partial charge in [0.2, 0.25) is 0 Å². The molecule has 0 spiro atoms. The number of benzene rings is 3. The number of fused-ring (bicyclic) bond motifs is 3. The van der Waals surface area contributed by atoms with Gasteiger partial charge in [-0.1, -0.05) is 42.5 Å². The number of aryl methyl sites for hydroxylation is 1. The Morgan fingerprint density at radius 3 is 2.35 bits per heavy atom. The summed E-state index contributed by atoms with van der Waals surface area (Å²) in [6, 6.07) is 27.9. The average Bonchev–Trinajstić information content (AvgIpc) is 3.39. The predicted octanol–water partition coefficient (Wildman–Crippen LogP) is 7.62. The minimum absolute atomic E-state index is 0.129. The number of hydrogen-bond donors (Lipinski definition) is 0. The molecule has 0 saturated carbocycles. The quantitative estimate of drug-likeness (QED) is 0.0815. The van der Waals surface area contributed by atoms with Gasteiger partial charge in [-0.3, -0.25) is 14.5 Å². The van der Waals surface area contributed by atoms with Crippen molar-refractivity contribution >= 4 is 68.1 Å². The van der Waals surface area contributed by atoms with E-state index in [1.165, 1.54) is 11.3 Å². The van der Waals surface area contributed by atoms with E-state index in [1.807, 2.05) is 80.7 Å². The number of pyridine rings is 1. The number of carbonyl (C=O) groups is 2. The third kappa shape index (κ3) is 3.92. The zero-order valence-electron chi connectivity index (χ0n) is 20.4. The monoisotopic (exact) mass is 501 g/mol. The van der Waals surface area contributed by atoms with Crippen LogP contribution in [0.5, 0.6) is 0 Å². The first-order valence-electron chi connectivity index (χ1n) is 11.9. The summed E-state index contributed by atoms with van der Waals surface area (Å²) in [7, 11) is 2.04. The molecular formula is C31H23N3O2S. The van der Waals surface area contributed by atoms with Crippen LogP contribution < -0.4 is 9.80 Å². The lowest BCUT2D eigenvalue weighted by molar-refractivity contribution is -0.104. The summed E-state index contributed by atoms with van der Waals surface area (Å²) in [6.07, 6.45) is 4.12. The SMILES string of the molecule is Cc1cc2ccccc2cc1C(=O)/C(C=O)=C/c1ccc(N2c3ccccc3N(C)c3cccnc32)s1. The molecule has 0 radical (unpaired) electrons. The van der Waals surface area contributed by atoms with Crippen LogP contribution in [0.2, 0.25) is 0 Å². The van der Waals surface area contributed by atoms with Crippen LogP contribution >= 0.6 is 11.3 Å². The molecule has 0 bridgehead atoms. The minimum atomic E-state index is -0.273. The Kier molecular flexibility index (Phi) is 5.66. The average molecular weight is 502 g/mol. The summed E-state index contributed by atoms with van der Waals surface area (Å²) in [5.41, 5.74) is 4.61. The molecule has 6 rings (SSSR count). The highest BCUT2D eigenvalue weighted by atomic mass is 32.1. The number of allylic oxidation sites excluding steroid dienone is 1. The van der Waals surface area contributed by atoms with Crippen molar-refractivity contribution in [2.24, 2.45) is 0 Å². The third-order valence-corrected chi connectivity index (χ3v) is 7.70. The molecule has 5 aromatic rings. The van der Waals surface area contributed by atoms with Gasteiger partial charge in [0.25, 0.3) is 0 Å². The van der Waals surface area contributed by atoms with Gasteiger partial charge in [-0.05, 0) is 71.8 Å². The Balaban J connectivity index is 1.39. The number of aromatic nitrogens is 1. The highest BCUT2D eigenvalue weighted by Crippen LogP contribution is 2.50. The molecule has 3 heterocycles. The van der Waals surface area contributed by atoms with E-state index >= 15 is 0 Å². The fourth-order valence-electron chi connectivity index (χ4n) is 4.83. The Labute approximate surface area is 218 Å². The molecule has 0 atom stereocenters. The van der Waals surface area contributed by atoms with Gasteiger partial charge >= 0.3 is 0 Å². The topological polar surface area (TPSA) is 53.5 Å². The van der Waals surface area contributed by atoms with Crippen LogP contribution in [0.15, 0.2) is 96.7 Å². The largest absolute Gasteiger partial charge is 0.340 e. The van der Waals surface area contributed by atoms with Gasteiger partial charge in [0, 0.05) is 23.7 Å². The van der Waals surface area contributed by atoms with Gasteiger partial charge in [-0.15, -0.1) is 11.3 Å². The van der Waals surface area contributed by atoms with E-state index < -0.39 is 0 Å². The molecule has 6 heteroatoms. The fourth-order valence-corrected chi connectivity index (χ4v) is 5.80. The van der Waals surface area contributed by atoms with Crippen LogP contribution in [0.4, 0.5) is 27.9 Å². The maximum Gasteiger partial charge on any atom is 0.196 e. The van der Waals surface area contributed by atoms with Gasteiger partial charge < -0.3 is 4.90 Å². The molecule has 2 aromatic heterocycles. The van der Waals surface area contributed by atoms with Crippen molar-refractivity contribution in [2.75, 3.05) is 16.8 Å². The molecule has 0 amide bonds. The molecule has 180 valence electrons. The molecule has 1 aliphatic heterocycles. The Morgan fingerprint density at radius 1 is 0.865 bits per heavy atom. The van der Waals surface area contributed by atoms with Crippen LogP contribution in [-0.4, -0.2) is 24.1 Å². The van der Waals surface area contributed by atoms with Crippen molar-refractivity contribution in [1.29, 1.82) is 0 Å². The van der Waals surface area contributed by atoms with Gasteiger partial charge in [0.1, 0.15) is 5.00 Å². The van der Waals surface area contributed by atoms with E-state index in [9.17, 15) is 9.59 Å². The van der Waals surface area contributed by atoms with Crippen molar-refractivity contribution in [3.63, 3.8) is 0 Å². The van der Waals surface area contributed by atoms with Crippen LogP contribution in [0.3, 0.4) is 0 Å². The molecule has 0 fully saturated rings. The minimum Gasteiger partial charge on any atom is -0.340 e. The summed E-state index contributed by atoms with van der Waals surface area (Å²) in [6.45, 7) is 1.90. The van der Waals surface area contributed by atoms with Crippen molar-refractivity contribution in [3.8, 4) is 0 Å². The second-order valence-electron chi connectivity index (χ2n) is 8.97. The second-order valence-corrected chi connectivity index (χ2v) is 10.1. The summed E-state index contributed by atoms with van der Waals surface area (Å²) < 4.78 is 0. The van der Waals surface area contributed by atoms with Crippen LogP contribution in [-0.2, 0) is 4.79 Å². The van der Waals surface area contributed by atoms with Crippen molar-refractivity contribution in [2.45, 2.75) is 6.92 Å². The molecule has 0 aliphatic carbocycles. The standard InChI is InChI=1S/C31H23N3O2S/c1-20-16-21-8-3-4-9-22(21)18-25(20)30(36)23(19-35)17-24-13-14-29(37-24)34-27-11-6-5-10-26(27)33(2)28-12-7-15-32-31(28)34/h3-19H,1-2H3/b23-17+. The fraction of sp³-hybridized carbons (Fsp3) is 0.0645. The number of carbonyl (C=O) groups excluding carboxylic acids is 2. The van der Waals surface area contributed by atoms with Gasteiger partial charge in [-0.25, -0.2) is 4.98 Å². The van der Waals surface area contributed by atoms with Gasteiger partial charge in [0.05, 0.1) is 22.6 Å². The number of anilines is 5. The maximum atomic E-state index is 13.4. The van der Waals surface area contributed by atoms with E-state index in [1.54, 1.807) is 12.3 Å². The third-order valence-electron chi connectivity index (χ3n) is 6.68. The second kappa shape index (κ2) is 9.15. The van der Waals surface area contributed by atoms with Crippen molar-refractivity contribution in [1.82, 2.24) is 4.98 Å². The van der Waals surface area contributed by atoms with Crippen LogP contribution in [0, 0.1) is 6.92 Å². The molecule has 0 N–H and O–H groups in total. The van der Waals surface area contributed by atoms with Crippen LogP contribution in [0.1, 0.15) is 20.8 Å². The lowest BCUT2D eigenvalue weighted by Crippen LogP contribution is -2.24. The highest BCUT2D eigenvalue weighted by Gasteiger charge is 2.29. The molecule has 3 aromatic carbocycles. The van der Waals surface area contributed by atoms with Gasteiger partial charge in [-0.2, -0.15) is 0 Å². The number of ketones is 1. The first-order valence-corrected chi connectivity index (χ1v) is 12.8. The number of hydrogen-bond acceptors (Lipinski definition) is 6. The Bertz CT molecular complexity index is 1670. The van der Waals surface area contributed by atoms with Gasteiger partial charge in [0.15, 0.2) is 17.9 Å². The number of thiophene rings is 1. The molecule has 1 aliphatic rings. The van der Waals surface area contributed by atoms with Crippen LogP contribution in [0.25, 0.3) is 16.8 Å². The van der Waals surface area contributed by atoms with E-state index in [-0.39, 0.29) is 11.4 Å². The zero-order valence-corrected chi connectivity index (χ0v) is 21.2. The van der Waals surface area contributed by atoms with Crippen molar-refractivity contribution in [3.05, 3.63) is 113 Å². The molecular weight excluding hydrogens is 478 g/mol. The highest BCUT2D eigenvalue weighted by molar-refractivity contribution is 7.17. The normalized spacial score (nSPS) is 12.9. The number of para-hydroxylation sites is 2. The number of rotatable bonds is 5. The summed E-state index contributed by atoms with van der Waals surface area (Å²) in [5.74, 6) is 0.560. The van der Waals surface area contributed by atoms with E-state index in [2.05, 4.69) is 33.0 Å². The first-order chi connectivity index (χ1) is 18.0. The summed E-state index contributed by atoms with van der Waals surface area (Å²) >= 11 is 1.51. The lowest BCUT2D eigenvalue weighted by atomic mass is 9.95. The summed E-state index contributed by atoms with van der Waals surface area (Å²) in [5, 5.41) is 2.99. The Hall–Kier alpha value is -4.55. The first kappa shape index (κ1) is 22.9. The Morgan fingerprint density at radius 2 is 1.57 bits per heavy atom. The van der Waals surface area contributed by atoms with E-state index in [0.717, 1.165) is 49.1 Å². The predicted molar refractivity (Wildman–Crippen MR) is 152 cm³/mol. The molecule has 0 unspecified atom stereocenters. The number of nitrogens with zero attached hydrogens (tertiary/aromatic N) is 3. The van der Waals surface area contributed by atoms with E-state index in [0.29, 0.717) is 11.8 Å². The van der Waals surface area contributed by atoms with E-state index in [4.69, 9.17) is 0 Å². The molecule has 0 saturated heterocycles. The summed E-state index contributed by atoms with van der Waals surface area (Å²) in [4.78, 5) is 35.2. The molecule has 37 heavy (non-hydrogen) atoms. The maximum absolute atomic E-state index is 13.4. The molecule has 5 nitrogen and oxygen atoms in total. The number of aldehydes is 1.